The maximum absolute atomic E-state index is 12.6. The van der Waals surface area contributed by atoms with E-state index in [1.54, 1.807) is 18.2 Å². The lowest BCUT2D eigenvalue weighted by atomic mass is 10.0. The molecule has 5 nitrogen and oxygen atoms in total. The number of hydrogen-bond donors (Lipinski definition) is 2. The SMILES string of the molecule is CCn1c([C@@H](NC(=O)c2ccc(Cl)cc2Cl)C(C)C)n[nH]c1=S. The Kier molecular flexibility index (Phi) is 5.84. The fourth-order valence-corrected chi connectivity index (χ4v) is 3.06. The molecule has 0 aliphatic rings. The number of aromatic amines is 1. The average molecular weight is 373 g/mol. The highest BCUT2D eigenvalue weighted by Gasteiger charge is 2.25. The van der Waals surface area contributed by atoms with E-state index in [0.29, 0.717) is 32.7 Å². The fraction of sp³-hybridized carbons (Fsp3) is 0.400. The number of hydrogen-bond acceptors (Lipinski definition) is 3. The van der Waals surface area contributed by atoms with Gasteiger partial charge in [0.1, 0.15) is 0 Å². The number of benzene rings is 1. The largest absolute Gasteiger partial charge is 0.342 e. The molecule has 0 bridgehead atoms. The number of rotatable bonds is 5. The highest BCUT2D eigenvalue weighted by Crippen LogP contribution is 2.24. The lowest BCUT2D eigenvalue weighted by molar-refractivity contribution is 0.0922. The van der Waals surface area contributed by atoms with Crippen LogP contribution in [-0.4, -0.2) is 20.7 Å². The van der Waals surface area contributed by atoms with Crippen LogP contribution in [0.15, 0.2) is 18.2 Å². The normalized spacial score (nSPS) is 12.4. The molecule has 1 aromatic heterocycles. The molecule has 8 heteroatoms. The van der Waals surface area contributed by atoms with Crippen LogP contribution in [-0.2, 0) is 6.54 Å². The molecule has 0 saturated carbocycles. The molecule has 0 saturated heterocycles. The molecule has 0 aliphatic carbocycles. The zero-order valence-corrected chi connectivity index (χ0v) is 15.4. The van der Waals surface area contributed by atoms with Crippen molar-refractivity contribution in [1.29, 1.82) is 0 Å². The summed E-state index contributed by atoms with van der Waals surface area (Å²) in [5, 5.41) is 10.8. The van der Waals surface area contributed by atoms with Gasteiger partial charge in [-0.3, -0.25) is 9.89 Å². The standard InChI is InChI=1S/C15H18Cl2N4OS/c1-4-21-13(19-20-15(21)23)12(8(2)3)18-14(22)10-6-5-9(16)7-11(10)17/h5-8,12H,4H2,1-3H3,(H,18,22)(H,20,23)/t12-/m0/s1. The first kappa shape index (κ1) is 18.0. The van der Waals surface area contributed by atoms with Crippen LogP contribution in [0.5, 0.6) is 0 Å². The van der Waals surface area contributed by atoms with Crippen LogP contribution < -0.4 is 5.32 Å². The van der Waals surface area contributed by atoms with E-state index < -0.39 is 0 Å². The van der Waals surface area contributed by atoms with E-state index in [-0.39, 0.29) is 17.9 Å². The number of nitrogens with zero attached hydrogens (tertiary/aromatic N) is 2. The van der Waals surface area contributed by atoms with Crippen molar-refractivity contribution in [3.05, 3.63) is 44.4 Å². The summed E-state index contributed by atoms with van der Waals surface area (Å²) in [4.78, 5) is 12.6. The molecule has 2 rings (SSSR count). The van der Waals surface area contributed by atoms with Gasteiger partial charge in [-0.1, -0.05) is 37.0 Å². The van der Waals surface area contributed by atoms with Crippen LogP contribution in [0, 0.1) is 10.7 Å². The van der Waals surface area contributed by atoms with E-state index in [0.717, 1.165) is 0 Å². The van der Waals surface area contributed by atoms with Gasteiger partial charge in [0.15, 0.2) is 10.6 Å². The van der Waals surface area contributed by atoms with Gasteiger partial charge in [-0.15, -0.1) is 0 Å². The van der Waals surface area contributed by atoms with Gasteiger partial charge in [-0.2, -0.15) is 5.10 Å². The molecular formula is C15H18Cl2N4OS. The second-order valence-electron chi connectivity index (χ2n) is 5.45. The predicted molar refractivity (Wildman–Crippen MR) is 94.6 cm³/mol. The van der Waals surface area contributed by atoms with E-state index in [1.807, 2.05) is 25.3 Å². The predicted octanol–water partition coefficient (Wildman–Crippen LogP) is 4.39. The number of halogens is 2. The number of carbonyl (C=O) groups is 1. The quantitative estimate of drug-likeness (QED) is 0.764. The van der Waals surface area contributed by atoms with Gasteiger partial charge < -0.3 is 9.88 Å². The van der Waals surface area contributed by atoms with Gasteiger partial charge in [0.25, 0.3) is 5.91 Å². The zero-order chi connectivity index (χ0) is 17.1. The van der Waals surface area contributed by atoms with E-state index in [2.05, 4.69) is 15.5 Å². The van der Waals surface area contributed by atoms with Crippen molar-refractivity contribution in [2.45, 2.75) is 33.4 Å². The Labute approximate surface area is 150 Å². The Balaban J connectivity index is 2.33. The summed E-state index contributed by atoms with van der Waals surface area (Å²) in [6.07, 6.45) is 0. The summed E-state index contributed by atoms with van der Waals surface area (Å²) in [6, 6.07) is 4.50. The Morgan fingerprint density at radius 3 is 2.70 bits per heavy atom. The van der Waals surface area contributed by atoms with Crippen LogP contribution in [0.4, 0.5) is 0 Å². The smallest absolute Gasteiger partial charge is 0.253 e. The van der Waals surface area contributed by atoms with Crippen LogP contribution in [0.3, 0.4) is 0 Å². The lowest BCUT2D eigenvalue weighted by Crippen LogP contribution is -2.34. The first-order valence-electron chi connectivity index (χ1n) is 7.26. The summed E-state index contributed by atoms with van der Waals surface area (Å²) in [7, 11) is 0. The van der Waals surface area contributed by atoms with Crippen molar-refractivity contribution < 1.29 is 4.79 Å². The van der Waals surface area contributed by atoms with Gasteiger partial charge in [0.05, 0.1) is 16.6 Å². The molecule has 0 radical (unpaired) electrons. The Morgan fingerprint density at radius 1 is 1.43 bits per heavy atom. The molecule has 0 fully saturated rings. The molecule has 124 valence electrons. The Morgan fingerprint density at radius 2 is 2.13 bits per heavy atom. The third kappa shape index (κ3) is 3.94. The van der Waals surface area contributed by atoms with Crippen LogP contribution in [0.1, 0.15) is 43.0 Å². The van der Waals surface area contributed by atoms with Crippen molar-refractivity contribution in [1.82, 2.24) is 20.1 Å². The van der Waals surface area contributed by atoms with Gasteiger partial charge in [0, 0.05) is 11.6 Å². The second kappa shape index (κ2) is 7.47. The van der Waals surface area contributed by atoms with E-state index >= 15 is 0 Å². The Bertz CT molecular complexity index is 769. The first-order chi connectivity index (χ1) is 10.8. The third-order valence-corrected chi connectivity index (χ3v) is 4.37. The molecule has 1 aromatic carbocycles. The molecule has 0 aliphatic heterocycles. The van der Waals surface area contributed by atoms with Gasteiger partial charge in [-0.25, -0.2) is 0 Å². The van der Waals surface area contributed by atoms with Gasteiger partial charge in [-0.05, 0) is 43.3 Å². The molecule has 2 N–H and O–H groups in total. The number of amides is 1. The number of aromatic nitrogens is 3. The molecule has 1 amide bonds. The minimum Gasteiger partial charge on any atom is -0.342 e. The van der Waals surface area contributed by atoms with E-state index in [4.69, 9.17) is 35.4 Å². The molecule has 0 spiro atoms. The maximum Gasteiger partial charge on any atom is 0.253 e. The van der Waals surface area contributed by atoms with Gasteiger partial charge >= 0.3 is 0 Å². The summed E-state index contributed by atoms with van der Waals surface area (Å²) in [6.45, 7) is 6.66. The molecular weight excluding hydrogens is 355 g/mol. The monoisotopic (exact) mass is 372 g/mol. The minimum atomic E-state index is -0.290. The summed E-state index contributed by atoms with van der Waals surface area (Å²) in [5.74, 6) is 0.549. The number of carbonyl (C=O) groups excluding carboxylic acids is 1. The first-order valence-corrected chi connectivity index (χ1v) is 8.42. The molecule has 1 heterocycles. The van der Waals surface area contributed by atoms with Gasteiger partial charge in [0.2, 0.25) is 0 Å². The van der Waals surface area contributed by atoms with Crippen molar-refractivity contribution in [3.63, 3.8) is 0 Å². The van der Waals surface area contributed by atoms with Crippen molar-refractivity contribution in [3.8, 4) is 0 Å². The van der Waals surface area contributed by atoms with Crippen LogP contribution >= 0.6 is 35.4 Å². The summed E-state index contributed by atoms with van der Waals surface area (Å²) >= 11 is 17.2. The molecule has 0 unspecified atom stereocenters. The second-order valence-corrected chi connectivity index (χ2v) is 6.68. The molecule has 23 heavy (non-hydrogen) atoms. The van der Waals surface area contributed by atoms with Crippen LogP contribution in [0.2, 0.25) is 10.0 Å². The lowest BCUT2D eigenvalue weighted by Gasteiger charge is -2.22. The number of nitrogens with one attached hydrogen (secondary N) is 2. The maximum atomic E-state index is 12.6. The zero-order valence-electron chi connectivity index (χ0n) is 13.1. The van der Waals surface area contributed by atoms with Crippen molar-refractivity contribution in [2.75, 3.05) is 0 Å². The summed E-state index contributed by atoms with van der Waals surface area (Å²) < 4.78 is 2.40. The van der Waals surface area contributed by atoms with Crippen LogP contribution in [0.25, 0.3) is 0 Å². The van der Waals surface area contributed by atoms with Crippen molar-refractivity contribution in [2.24, 2.45) is 5.92 Å². The van der Waals surface area contributed by atoms with E-state index in [9.17, 15) is 4.79 Å². The highest BCUT2D eigenvalue weighted by atomic mass is 35.5. The van der Waals surface area contributed by atoms with E-state index in [1.165, 1.54) is 0 Å². The highest BCUT2D eigenvalue weighted by molar-refractivity contribution is 7.71. The summed E-state index contributed by atoms with van der Waals surface area (Å²) in [5.41, 5.74) is 0.374. The molecule has 1 atom stereocenters. The third-order valence-electron chi connectivity index (χ3n) is 3.51. The molecule has 2 aromatic rings. The minimum absolute atomic E-state index is 0.125. The topological polar surface area (TPSA) is 62.7 Å². The van der Waals surface area contributed by atoms with Crippen molar-refractivity contribution >= 4 is 41.3 Å². The number of H-pyrrole nitrogens is 1. The fourth-order valence-electron chi connectivity index (χ4n) is 2.29. The Hall–Kier alpha value is -1.37. The average Bonchev–Trinajstić information content (AvgIpc) is 2.84.